The Morgan fingerprint density at radius 3 is 2.48 bits per heavy atom. The maximum absolute atomic E-state index is 12.8. The molecule has 1 aromatic heterocycles. The lowest BCUT2D eigenvalue weighted by molar-refractivity contribution is 0.0786. The molecule has 2 aliphatic rings. The number of likely N-dealkylation sites (tertiary alicyclic amines) is 2. The van der Waals surface area contributed by atoms with Crippen molar-refractivity contribution in [1.82, 2.24) is 14.8 Å². The van der Waals surface area contributed by atoms with Crippen LogP contribution < -0.4 is 10.1 Å². The maximum atomic E-state index is 12.8. The lowest BCUT2D eigenvalue weighted by Gasteiger charge is -2.30. The largest absolute Gasteiger partial charge is 0.495 e. The Morgan fingerprint density at radius 1 is 1.10 bits per heavy atom. The minimum absolute atomic E-state index is 0.0334. The van der Waals surface area contributed by atoms with Gasteiger partial charge in [-0.15, -0.1) is 0 Å². The molecule has 3 amide bonds. The number of nitrogens with one attached hydrogen (secondary N) is 1. The predicted octanol–water partition coefficient (Wildman–Crippen LogP) is 3.95. The lowest BCUT2D eigenvalue weighted by atomic mass is 9.97. The van der Waals surface area contributed by atoms with E-state index in [4.69, 9.17) is 9.15 Å². The molecule has 0 radical (unpaired) electrons. The van der Waals surface area contributed by atoms with Crippen molar-refractivity contribution < 1.29 is 18.7 Å². The lowest BCUT2D eigenvalue weighted by Crippen LogP contribution is -2.40. The number of methoxy groups -OCH3 is 1. The molecule has 3 heterocycles. The monoisotopic (exact) mass is 426 g/mol. The Hall–Kier alpha value is -3.03. The molecule has 0 spiro atoms. The van der Waals surface area contributed by atoms with E-state index in [1.807, 2.05) is 30.0 Å². The third-order valence-corrected chi connectivity index (χ3v) is 6.14. The number of benzene rings is 1. The van der Waals surface area contributed by atoms with Crippen LogP contribution in [0.5, 0.6) is 5.75 Å². The van der Waals surface area contributed by atoms with Gasteiger partial charge in [-0.1, -0.05) is 6.07 Å². The standard InChI is InChI=1S/C23H30N4O4/c1-15-6-7-19(30-3)18(14-15)24-23(29)27-12-8-17(9-13-27)21-25-20(16(2)31-21)22(28)26-10-4-5-11-26/h6-7,14,17H,4-5,8-13H2,1-3H3,(H,24,29). The van der Waals surface area contributed by atoms with E-state index in [1.54, 1.807) is 18.9 Å². The van der Waals surface area contributed by atoms with Crippen LogP contribution in [0.1, 0.15) is 59.3 Å². The average molecular weight is 427 g/mol. The zero-order valence-electron chi connectivity index (χ0n) is 18.4. The molecule has 0 aliphatic carbocycles. The molecule has 2 aromatic rings. The maximum Gasteiger partial charge on any atom is 0.321 e. The van der Waals surface area contributed by atoms with Crippen molar-refractivity contribution in [2.45, 2.75) is 45.4 Å². The van der Waals surface area contributed by atoms with Gasteiger partial charge in [0, 0.05) is 32.1 Å². The van der Waals surface area contributed by atoms with E-state index in [0.717, 1.165) is 44.3 Å². The topological polar surface area (TPSA) is 87.9 Å². The second-order valence-electron chi connectivity index (χ2n) is 8.35. The molecule has 8 heteroatoms. The zero-order chi connectivity index (χ0) is 22.0. The Bertz CT molecular complexity index is 956. The zero-order valence-corrected chi connectivity index (χ0v) is 18.4. The fourth-order valence-corrected chi connectivity index (χ4v) is 4.30. The van der Waals surface area contributed by atoms with Crippen LogP contribution in [-0.2, 0) is 0 Å². The SMILES string of the molecule is COc1ccc(C)cc1NC(=O)N1CCC(c2nc(C(=O)N3CCCC3)c(C)o2)CC1. The Balaban J connectivity index is 1.37. The van der Waals surface area contributed by atoms with E-state index in [-0.39, 0.29) is 17.9 Å². The van der Waals surface area contributed by atoms with Gasteiger partial charge < -0.3 is 24.3 Å². The summed E-state index contributed by atoms with van der Waals surface area (Å²) in [4.78, 5) is 33.6. The molecule has 0 bridgehead atoms. The molecular weight excluding hydrogens is 396 g/mol. The molecule has 0 atom stereocenters. The fraction of sp³-hybridized carbons (Fsp3) is 0.522. The number of oxazole rings is 1. The van der Waals surface area contributed by atoms with Gasteiger partial charge in [0.05, 0.1) is 12.8 Å². The van der Waals surface area contributed by atoms with Gasteiger partial charge in [-0.05, 0) is 57.2 Å². The van der Waals surface area contributed by atoms with Gasteiger partial charge in [-0.3, -0.25) is 4.79 Å². The third kappa shape index (κ3) is 4.52. The van der Waals surface area contributed by atoms with Crippen molar-refractivity contribution in [3.05, 3.63) is 41.1 Å². The summed E-state index contributed by atoms with van der Waals surface area (Å²) in [7, 11) is 1.59. The third-order valence-electron chi connectivity index (χ3n) is 6.14. The van der Waals surface area contributed by atoms with Crippen molar-refractivity contribution in [3.63, 3.8) is 0 Å². The van der Waals surface area contributed by atoms with E-state index in [9.17, 15) is 9.59 Å². The number of anilines is 1. The second kappa shape index (κ2) is 8.99. The molecule has 0 unspecified atom stereocenters. The van der Waals surface area contributed by atoms with E-state index in [0.29, 0.717) is 41.9 Å². The van der Waals surface area contributed by atoms with E-state index in [1.165, 1.54) is 0 Å². The van der Waals surface area contributed by atoms with Gasteiger partial charge in [0.25, 0.3) is 5.91 Å². The summed E-state index contributed by atoms with van der Waals surface area (Å²) in [6, 6.07) is 5.55. The van der Waals surface area contributed by atoms with Crippen LogP contribution in [0.15, 0.2) is 22.6 Å². The number of nitrogens with zero attached hydrogens (tertiary/aromatic N) is 3. The van der Waals surface area contributed by atoms with Gasteiger partial charge >= 0.3 is 6.03 Å². The van der Waals surface area contributed by atoms with Gasteiger partial charge in [0.1, 0.15) is 11.5 Å². The van der Waals surface area contributed by atoms with Crippen molar-refractivity contribution in [1.29, 1.82) is 0 Å². The minimum Gasteiger partial charge on any atom is -0.495 e. The first-order chi connectivity index (χ1) is 15.0. The molecule has 0 saturated carbocycles. The van der Waals surface area contributed by atoms with Crippen molar-refractivity contribution >= 4 is 17.6 Å². The smallest absolute Gasteiger partial charge is 0.321 e. The van der Waals surface area contributed by atoms with E-state index in [2.05, 4.69) is 10.3 Å². The molecule has 1 N–H and O–H groups in total. The van der Waals surface area contributed by atoms with Crippen molar-refractivity contribution in [2.24, 2.45) is 0 Å². The Labute approximate surface area is 182 Å². The van der Waals surface area contributed by atoms with Crippen LogP contribution >= 0.6 is 0 Å². The number of hydrogen-bond acceptors (Lipinski definition) is 5. The first-order valence-electron chi connectivity index (χ1n) is 10.9. The highest BCUT2D eigenvalue weighted by molar-refractivity contribution is 5.93. The number of piperidine rings is 1. The number of aryl methyl sites for hydroxylation is 2. The number of rotatable bonds is 4. The van der Waals surface area contributed by atoms with Gasteiger partial charge in [0.2, 0.25) is 0 Å². The van der Waals surface area contributed by atoms with Crippen LogP contribution in [0.4, 0.5) is 10.5 Å². The molecule has 4 rings (SSSR count). The number of carbonyl (C=O) groups excluding carboxylic acids is 2. The summed E-state index contributed by atoms with van der Waals surface area (Å²) in [5.74, 6) is 1.91. The van der Waals surface area contributed by atoms with Crippen LogP contribution in [0, 0.1) is 13.8 Å². The number of aromatic nitrogens is 1. The summed E-state index contributed by atoms with van der Waals surface area (Å²) in [6.45, 7) is 6.56. The summed E-state index contributed by atoms with van der Waals surface area (Å²) in [5, 5.41) is 2.96. The number of carbonyl (C=O) groups is 2. The Morgan fingerprint density at radius 2 is 1.81 bits per heavy atom. The highest BCUT2D eigenvalue weighted by Gasteiger charge is 2.30. The fourth-order valence-electron chi connectivity index (χ4n) is 4.30. The quantitative estimate of drug-likeness (QED) is 0.800. The summed E-state index contributed by atoms with van der Waals surface area (Å²) < 4.78 is 11.2. The van der Waals surface area contributed by atoms with Crippen LogP contribution in [0.2, 0.25) is 0 Å². The van der Waals surface area contributed by atoms with Crippen molar-refractivity contribution in [3.8, 4) is 5.75 Å². The Kier molecular flexibility index (Phi) is 6.15. The summed E-state index contributed by atoms with van der Waals surface area (Å²) in [5.41, 5.74) is 2.15. The average Bonchev–Trinajstić information content (AvgIpc) is 3.44. The van der Waals surface area contributed by atoms with E-state index >= 15 is 0 Å². The van der Waals surface area contributed by atoms with Gasteiger partial charge in [-0.25, -0.2) is 9.78 Å². The molecular formula is C23H30N4O4. The van der Waals surface area contributed by atoms with Crippen molar-refractivity contribution in [2.75, 3.05) is 38.6 Å². The highest BCUT2D eigenvalue weighted by Crippen LogP contribution is 2.31. The molecule has 166 valence electrons. The number of ether oxygens (including phenoxy) is 1. The summed E-state index contributed by atoms with van der Waals surface area (Å²) >= 11 is 0. The van der Waals surface area contributed by atoms with Crippen LogP contribution in [0.3, 0.4) is 0 Å². The number of hydrogen-bond donors (Lipinski definition) is 1. The molecule has 31 heavy (non-hydrogen) atoms. The normalized spacial score (nSPS) is 17.1. The summed E-state index contributed by atoms with van der Waals surface area (Å²) in [6.07, 6.45) is 3.58. The highest BCUT2D eigenvalue weighted by atomic mass is 16.5. The van der Waals surface area contributed by atoms with Gasteiger partial charge in [0.15, 0.2) is 11.6 Å². The second-order valence-corrected chi connectivity index (χ2v) is 8.35. The van der Waals surface area contributed by atoms with Crippen LogP contribution in [-0.4, -0.2) is 60.0 Å². The minimum atomic E-state index is -0.143. The molecule has 8 nitrogen and oxygen atoms in total. The van der Waals surface area contributed by atoms with Gasteiger partial charge in [-0.2, -0.15) is 0 Å². The first-order valence-corrected chi connectivity index (χ1v) is 10.9. The molecule has 2 fully saturated rings. The first kappa shape index (κ1) is 21.2. The van der Waals surface area contributed by atoms with Crippen LogP contribution in [0.25, 0.3) is 0 Å². The predicted molar refractivity (Wildman–Crippen MR) is 117 cm³/mol. The molecule has 2 saturated heterocycles. The number of urea groups is 1. The van der Waals surface area contributed by atoms with E-state index < -0.39 is 0 Å². The molecule has 2 aliphatic heterocycles. The molecule has 1 aromatic carbocycles. The number of amides is 3.